The number of halogens is 3. The molecule has 6 N–H and O–H groups in total. The fourth-order valence-electron chi connectivity index (χ4n) is 6.34. The number of amides is 2. The highest BCUT2D eigenvalue weighted by atomic mass is 19.4. The average molecular weight is 752 g/mol. The number of alkyl halides is 3. The second-order valence-electron chi connectivity index (χ2n) is 13.5. The molecule has 2 atom stereocenters. The highest BCUT2D eigenvalue weighted by molar-refractivity contribution is 5.94. The number of carbonyl (C=O) groups is 3. The van der Waals surface area contributed by atoms with Crippen LogP contribution >= 0.6 is 0 Å². The molecule has 288 valence electrons. The molecule has 12 nitrogen and oxygen atoms in total. The summed E-state index contributed by atoms with van der Waals surface area (Å²) in [6.07, 6.45) is -5.25. The van der Waals surface area contributed by atoms with E-state index in [0.717, 1.165) is 16.7 Å². The van der Waals surface area contributed by atoms with Crippen LogP contribution in [-0.2, 0) is 33.8 Å². The lowest BCUT2D eigenvalue weighted by Crippen LogP contribution is -2.41. The minimum atomic E-state index is -5.01. The lowest BCUT2D eigenvalue weighted by Gasteiger charge is -2.31. The maximum absolute atomic E-state index is 12.9. The van der Waals surface area contributed by atoms with Gasteiger partial charge in [-0.05, 0) is 72.7 Å². The van der Waals surface area contributed by atoms with Gasteiger partial charge in [0.2, 0.25) is 11.5 Å². The predicted molar refractivity (Wildman–Crippen MR) is 194 cm³/mol. The minimum absolute atomic E-state index is 0.00510. The zero-order valence-electron chi connectivity index (χ0n) is 29.7. The number of fused-ring (bicyclic) bond motifs is 1. The highest BCUT2D eigenvalue weighted by Crippen LogP contribution is 2.28. The molecule has 5 rings (SSSR count). The van der Waals surface area contributed by atoms with Gasteiger partial charge >= 0.3 is 12.1 Å². The summed E-state index contributed by atoms with van der Waals surface area (Å²) in [6.45, 7) is 4.13. The van der Waals surface area contributed by atoms with Crippen LogP contribution < -0.4 is 21.5 Å². The summed E-state index contributed by atoms with van der Waals surface area (Å²) < 4.78 is 41.7. The Labute approximate surface area is 309 Å². The van der Waals surface area contributed by atoms with Gasteiger partial charge in [-0.15, -0.1) is 0 Å². The Morgan fingerprint density at radius 3 is 2.37 bits per heavy atom. The third kappa shape index (κ3) is 11.4. The summed E-state index contributed by atoms with van der Waals surface area (Å²) in [6, 6.07) is 20.8. The Balaban J connectivity index is 0.999. The Bertz CT molecular complexity index is 1980. The lowest BCUT2D eigenvalue weighted by molar-refractivity contribution is -0.206. The fraction of sp³-hybridized carbons (Fsp3) is 0.385. The van der Waals surface area contributed by atoms with E-state index in [-0.39, 0.29) is 67.0 Å². The van der Waals surface area contributed by atoms with Crippen LogP contribution in [0, 0.1) is 0 Å². The molecule has 3 aromatic carbocycles. The second-order valence-corrected chi connectivity index (χ2v) is 13.5. The molecule has 0 aliphatic carbocycles. The van der Waals surface area contributed by atoms with Gasteiger partial charge in [0.1, 0.15) is 11.9 Å². The number of hydrogen-bond acceptors (Lipinski definition) is 9. The predicted octanol–water partition coefficient (Wildman–Crippen LogP) is 3.99. The molecule has 1 aliphatic heterocycles. The first-order valence-electron chi connectivity index (χ1n) is 17.7. The molecule has 2 amide bonds. The molecule has 2 heterocycles. The van der Waals surface area contributed by atoms with Crippen molar-refractivity contribution in [3.05, 3.63) is 111 Å². The monoisotopic (exact) mass is 751 g/mol. The van der Waals surface area contributed by atoms with Crippen molar-refractivity contribution < 1.29 is 42.5 Å². The summed E-state index contributed by atoms with van der Waals surface area (Å²) in [5.74, 6) is -2.67. The Morgan fingerprint density at radius 1 is 0.944 bits per heavy atom. The smallest absolute Gasteiger partial charge is 0.490 e. The standard InChI is InChI=1S/C39H44F3N5O7/c1-24(43-23-33(49)30-9-11-32(48)36-31(30)10-12-35(51)46-36)19-26-3-2-4-27(20-26)22-45-37(52)28-7-5-25(6-8-28)21-44-34(50)15-18-47-16-13-29(14-17-47)54-38(53)39(40,41)42/h2-12,20,24,29,33,43,48-49H,13-19,21-23H2,1H3,(H,44,50)(H,45,52)(H,46,51)/t24-,33-/m0/s1. The number of nitrogens with one attached hydrogen (secondary N) is 4. The van der Waals surface area contributed by atoms with E-state index < -0.39 is 24.4 Å². The van der Waals surface area contributed by atoms with Crippen molar-refractivity contribution in [2.45, 2.75) is 70.1 Å². The molecular formula is C39H44F3N5O7. The van der Waals surface area contributed by atoms with E-state index in [2.05, 4.69) is 25.7 Å². The molecule has 0 spiro atoms. The molecule has 1 saturated heterocycles. The number of benzene rings is 3. The highest BCUT2D eigenvalue weighted by Gasteiger charge is 2.42. The van der Waals surface area contributed by atoms with E-state index in [1.54, 1.807) is 36.4 Å². The normalized spacial score (nSPS) is 15.1. The van der Waals surface area contributed by atoms with Gasteiger partial charge in [0.15, 0.2) is 0 Å². The van der Waals surface area contributed by atoms with E-state index in [4.69, 9.17) is 0 Å². The molecule has 15 heteroatoms. The Kier molecular flexibility index (Phi) is 13.5. The van der Waals surface area contributed by atoms with Crippen LogP contribution in [0.3, 0.4) is 0 Å². The van der Waals surface area contributed by atoms with Crippen molar-refractivity contribution in [2.75, 3.05) is 26.2 Å². The lowest BCUT2D eigenvalue weighted by atomic mass is 10.0. The summed E-state index contributed by atoms with van der Waals surface area (Å²) in [5.41, 5.74) is 3.77. The number of hydrogen-bond donors (Lipinski definition) is 6. The van der Waals surface area contributed by atoms with Crippen molar-refractivity contribution in [3.8, 4) is 5.75 Å². The summed E-state index contributed by atoms with van der Waals surface area (Å²) >= 11 is 0. The molecule has 0 radical (unpaired) electrons. The number of esters is 1. The number of H-pyrrole nitrogens is 1. The Hall–Kier alpha value is -5.25. The first-order chi connectivity index (χ1) is 25.7. The first-order valence-corrected chi connectivity index (χ1v) is 17.7. The molecule has 4 aromatic rings. The van der Waals surface area contributed by atoms with Gasteiger partial charge < -0.3 is 40.8 Å². The minimum Gasteiger partial charge on any atom is -0.506 e. The number of nitrogens with zero attached hydrogens (tertiary/aromatic N) is 1. The van der Waals surface area contributed by atoms with E-state index in [1.807, 2.05) is 36.1 Å². The van der Waals surface area contributed by atoms with Gasteiger partial charge in [0.05, 0.1) is 11.6 Å². The molecule has 54 heavy (non-hydrogen) atoms. The number of aromatic nitrogens is 1. The van der Waals surface area contributed by atoms with Crippen LogP contribution in [0.25, 0.3) is 10.9 Å². The largest absolute Gasteiger partial charge is 0.506 e. The van der Waals surface area contributed by atoms with Crippen molar-refractivity contribution in [3.63, 3.8) is 0 Å². The molecule has 0 saturated carbocycles. The molecule has 0 unspecified atom stereocenters. The zero-order chi connectivity index (χ0) is 38.8. The number of aliphatic hydroxyl groups excluding tert-OH is 1. The van der Waals surface area contributed by atoms with Gasteiger partial charge in [-0.2, -0.15) is 13.2 Å². The van der Waals surface area contributed by atoms with E-state index in [1.165, 1.54) is 12.1 Å². The number of piperidine rings is 1. The molecule has 1 aliphatic rings. The number of aromatic amines is 1. The maximum Gasteiger partial charge on any atom is 0.490 e. The molecule has 1 aromatic heterocycles. The van der Waals surface area contributed by atoms with Crippen LogP contribution in [0.15, 0.2) is 77.6 Å². The molecule has 1 fully saturated rings. The number of pyridine rings is 1. The van der Waals surface area contributed by atoms with Crippen LogP contribution in [0.5, 0.6) is 5.75 Å². The van der Waals surface area contributed by atoms with Crippen molar-refractivity contribution in [2.24, 2.45) is 0 Å². The number of aliphatic hydroxyl groups is 1. The number of aromatic hydroxyl groups is 1. The summed E-state index contributed by atoms with van der Waals surface area (Å²) in [5, 5.41) is 30.7. The number of rotatable bonds is 15. The quantitative estimate of drug-likeness (QED) is 0.0983. The van der Waals surface area contributed by atoms with Crippen LogP contribution in [0.4, 0.5) is 13.2 Å². The van der Waals surface area contributed by atoms with Crippen molar-refractivity contribution in [1.29, 1.82) is 0 Å². The number of phenols is 1. The van der Waals surface area contributed by atoms with Gasteiger partial charge in [-0.25, -0.2) is 4.79 Å². The summed E-state index contributed by atoms with van der Waals surface area (Å²) in [7, 11) is 0. The van der Waals surface area contributed by atoms with Crippen molar-refractivity contribution >= 4 is 28.7 Å². The Morgan fingerprint density at radius 2 is 1.65 bits per heavy atom. The van der Waals surface area contributed by atoms with Crippen LogP contribution in [0.2, 0.25) is 0 Å². The van der Waals surface area contributed by atoms with Gasteiger partial charge in [-0.3, -0.25) is 14.4 Å². The third-order valence-corrected chi connectivity index (χ3v) is 9.31. The topological polar surface area (TPSA) is 173 Å². The number of carbonyl (C=O) groups excluding carboxylic acids is 3. The number of phenolic OH excluding ortho intramolecular Hbond substituents is 1. The van der Waals surface area contributed by atoms with Crippen molar-refractivity contribution in [1.82, 2.24) is 25.8 Å². The number of likely N-dealkylation sites (tertiary alicyclic amines) is 1. The SMILES string of the molecule is C[C@@H](Cc1cccc(CNC(=O)c2ccc(CNC(=O)CCN3CCC(OC(=O)C(F)(F)F)CC3)cc2)c1)NC[C@H](O)c1ccc(O)c2[nH]c(=O)ccc12. The van der Waals surface area contributed by atoms with E-state index >= 15 is 0 Å². The van der Waals surface area contributed by atoms with Crippen LogP contribution in [0.1, 0.15) is 64.9 Å². The molecular weight excluding hydrogens is 707 g/mol. The zero-order valence-corrected chi connectivity index (χ0v) is 29.7. The average Bonchev–Trinajstić information content (AvgIpc) is 3.15. The number of ether oxygens (including phenoxy) is 1. The summed E-state index contributed by atoms with van der Waals surface area (Å²) in [4.78, 5) is 52.6. The molecule has 0 bridgehead atoms. The maximum atomic E-state index is 12.9. The second kappa shape index (κ2) is 18.2. The van der Waals surface area contributed by atoms with Gasteiger partial charge in [0.25, 0.3) is 5.91 Å². The van der Waals surface area contributed by atoms with Crippen LogP contribution in [-0.4, -0.2) is 82.4 Å². The fourth-order valence-corrected chi connectivity index (χ4v) is 6.34. The third-order valence-electron chi connectivity index (χ3n) is 9.31. The first kappa shape index (κ1) is 39.9. The van der Waals surface area contributed by atoms with E-state index in [0.29, 0.717) is 49.1 Å². The van der Waals surface area contributed by atoms with E-state index in [9.17, 15) is 42.6 Å². The van der Waals surface area contributed by atoms with Gasteiger partial charge in [0, 0.05) is 68.7 Å². The van der Waals surface area contributed by atoms with Gasteiger partial charge in [-0.1, -0.05) is 42.5 Å².